The number of halogens is 2. The number of hydrogen-bond donors (Lipinski definition) is 2. The van der Waals surface area contributed by atoms with Gasteiger partial charge in [-0.1, -0.05) is 6.92 Å². The molecular weight excluding hydrogens is 264 g/mol. The summed E-state index contributed by atoms with van der Waals surface area (Å²) in [7, 11) is 0. The molecule has 0 saturated heterocycles. The number of aliphatic hydroxyl groups is 1. The first-order valence-corrected chi connectivity index (χ1v) is 6.87. The van der Waals surface area contributed by atoms with E-state index in [2.05, 4.69) is 5.32 Å². The molecule has 0 aromatic heterocycles. The van der Waals surface area contributed by atoms with Gasteiger partial charge in [0.2, 0.25) is 0 Å². The lowest BCUT2D eigenvalue weighted by Crippen LogP contribution is -2.48. The molecule has 0 aliphatic heterocycles. The maximum absolute atomic E-state index is 13.1. The minimum atomic E-state index is -0.666. The minimum Gasteiger partial charge on any atom is -0.490 e. The van der Waals surface area contributed by atoms with Gasteiger partial charge in [-0.25, -0.2) is 8.78 Å². The van der Waals surface area contributed by atoms with Crippen LogP contribution in [0.5, 0.6) is 5.75 Å². The van der Waals surface area contributed by atoms with Crippen molar-refractivity contribution in [2.75, 3.05) is 13.2 Å². The van der Waals surface area contributed by atoms with Crippen molar-refractivity contribution in [2.24, 2.45) is 0 Å². The summed E-state index contributed by atoms with van der Waals surface area (Å²) in [5.74, 6) is -1.17. The van der Waals surface area contributed by atoms with E-state index in [-0.39, 0.29) is 18.5 Å². The average Bonchev–Trinajstić information content (AvgIpc) is 2.35. The summed E-state index contributed by atoms with van der Waals surface area (Å²) < 4.78 is 31.7. The van der Waals surface area contributed by atoms with Crippen molar-refractivity contribution in [3.63, 3.8) is 0 Å². The van der Waals surface area contributed by atoms with Crippen molar-refractivity contribution in [2.45, 2.75) is 45.3 Å². The molecule has 0 spiro atoms. The van der Waals surface area contributed by atoms with Gasteiger partial charge in [0.1, 0.15) is 17.4 Å². The molecule has 0 aliphatic rings. The second kappa shape index (κ2) is 7.55. The van der Waals surface area contributed by atoms with Gasteiger partial charge in [-0.15, -0.1) is 0 Å². The molecule has 0 radical (unpaired) electrons. The van der Waals surface area contributed by atoms with Gasteiger partial charge in [0.05, 0.1) is 12.7 Å². The Morgan fingerprint density at radius 2 is 1.90 bits per heavy atom. The third-order valence-electron chi connectivity index (χ3n) is 3.06. The monoisotopic (exact) mass is 287 g/mol. The summed E-state index contributed by atoms with van der Waals surface area (Å²) in [5, 5.41) is 12.7. The average molecular weight is 287 g/mol. The number of nitrogens with one attached hydrogen (secondary N) is 1. The molecule has 0 heterocycles. The zero-order valence-electron chi connectivity index (χ0n) is 12.2. The molecule has 0 bridgehead atoms. The fourth-order valence-corrected chi connectivity index (χ4v) is 2.12. The van der Waals surface area contributed by atoms with Gasteiger partial charge in [-0.2, -0.15) is 0 Å². The molecule has 5 heteroatoms. The normalized spacial score (nSPS) is 15.7. The van der Waals surface area contributed by atoms with Crippen LogP contribution in [0.3, 0.4) is 0 Å². The third-order valence-corrected chi connectivity index (χ3v) is 3.06. The second-order valence-corrected chi connectivity index (χ2v) is 5.38. The highest BCUT2D eigenvalue weighted by Crippen LogP contribution is 2.20. The Morgan fingerprint density at radius 3 is 2.40 bits per heavy atom. The van der Waals surface area contributed by atoms with Crippen LogP contribution in [0.4, 0.5) is 8.78 Å². The molecule has 2 N–H and O–H groups in total. The topological polar surface area (TPSA) is 41.5 Å². The largest absolute Gasteiger partial charge is 0.490 e. The van der Waals surface area contributed by atoms with Crippen molar-refractivity contribution in [1.82, 2.24) is 5.32 Å². The molecule has 0 aliphatic carbocycles. The number of rotatable bonds is 8. The lowest BCUT2D eigenvalue weighted by atomic mass is 9.95. The van der Waals surface area contributed by atoms with E-state index >= 15 is 0 Å². The van der Waals surface area contributed by atoms with Crippen LogP contribution < -0.4 is 10.1 Å². The van der Waals surface area contributed by atoms with Crippen LogP contribution in [-0.4, -0.2) is 29.9 Å². The summed E-state index contributed by atoms with van der Waals surface area (Å²) in [6.07, 6.45) is 1.21. The number of hydrogen-bond acceptors (Lipinski definition) is 3. The number of benzene rings is 1. The van der Waals surface area contributed by atoms with E-state index in [1.165, 1.54) is 0 Å². The molecule has 114 valence electrons. The van der Waals surface area contributed by atoms with Crippen molar-refractivity contribution in [3.05, 3.63) is 29.8 Å². The van der Waals surface area contributed by atoms with E-state index in [0.29, 0.717) is 6.42 Å². The molecule has 0 saturated carbocycles. The van der Waals surface area contributed by atoms with Gasteiger partial charge >= 0.3 is 0 Å². The van der Waals surface area contributed by atoms with Crippen LogP contribution >= 0.6 is 0 Å². The van der Waals surface area contributed by atoms with Crippen molar-refractivity contribution < 1.29 is 18.6 Å². The zero-order chi connectivity index (χ0) is 15.2. The summed E-state index contributed by atoms with van der Waals surface area (Å²) in [6, 6.07) is 3.10. The van der Waals surface area contributed by atoms with Crippen LogP contribution in [-0.2, 0) is 0 Å². The Balaban J connectivity index is 2.63. The van der Waals surface area contributed by atoms with Gasteiger partial charge in [0.15, 0.2) is 0 Å². The maximum atomic E-state index is 13.1. The molecule has 1 aromatic rings. The van der Waals surface area contributed by atoms with Crippen LogP contribution in [0.15, 0.2) is 18.2 Å². The molecule has 2 unspecified atom stereocenters. The third kappa shape index (κ3) is 5.43. The first-order chi connectivity index (χ1) is 9.38. The summed E-state index contributed by atoms with van der Waals surface area (Å²) in [5.41, 5.74) is -0.471. The Labute approximate surface area is 119 Å². The van der Waals surface area contributed by atoms with Crippen LogP contribution in [0.25, 0.3) is 0 Å². The summed E-state index contributed by atoms with van der Waals surface area (Å²) in [4.78, 5) is 0. The van der Waals surface area contributed by atoms with Gasteiger partial charge in [-0.3, -0.25) is 0 Å². The van der Waals surface area contributed by atoms with E-state index in [0.717, 1.165) is 31.2 Å². The van der Waals surface area contributed by atoms with Crippen LogP contribution in [0.1, 0.15) is 33.6 Å². The molecule has 3 nitrogen and oxygen atoms in total. The fraction of sp³-hybridized carbons (Fsp3) is 0.600. The van der Waals surface area contributed by atoms with Crippen molar-refractivity contribution in [1.29, 1.82) is 0 Å². The molecule has 1 aromatic carbocycles. The Kier molecular flexibility index (Phi) is 6.36. The molecule has 0 fully saturated rings. The number of ether oxygens (including phenoxy) is 1. The minimum absolute atomic E-state index is 0.0296. The van der Waals surface area contributed by atoms with Crippen molar-refractivity contribution in [3.8, 4) is 5.75 Å². The molecule has 0 amide bonds. The van der Waals surface area contributed by atoms with E-state index in [1.807, 2.05) is 20.8 Å². The second-order valence-electron chi connectivity index (χ2n) is 5.38. The van der Waals surface area contributed by atoms with Gasteiger partial charge in [0, 0.05) is 30.2 Å². The predicted molar refractivity (Wildman–Crippen MR) is 74.8 cm³/mol. The molecule has 2 atom stereocenters. The standard InChI is InChI=1S/C15H23F2NO2/c1-4-5-18-15(3,10-19)9-11(2)20-14-7-12(16)6-13(17)8-14/h6-8,11,18-19H,4-5,9-10H2,1-3H3. The van der Waals surface area contributed by atoms with Crippen LogP contribution in [0, 0.1) is 11.6 Å². The van der Waals surface area contributed by atoms with Gasteiger partial charge in [-0.05, 0) is 26.8 Å². The first kappa shape index (κ1) is 16.9. The van der Waals surface area contributed by atoms with Gasteiger partial charge < -0.3 is 15.2 Å². The summed E-state index contributed by atoms with van der Waals surface area (Å²) >= 11 is 0. The van der Waals surface area contributed by atoms with E-state index in [9.17, 15) is 13.9 Å². The summed E-state index contributed by atoms with van der Waals surface area (Å²) in [6.45, 7) is 6.51. The molecule has 1 rings (SSSR count). The highest BCUT2D eigenvalue weighted by atomic mass is 19.1. The van der Waals surface area contributed by atoms with Gasteiger partial charge in [0.25, 0.3) is 0 Å². The van der Waals surface area contributed by atoms with Crippen LogP contribution in [0.2, 0.25) is 0 Å². The molecule has 20 heavy (non-hydrogen) atoms. The van der Waals surface area contributed by atoms with E-state index in [4.69, 9.17) is 4.74 Å². The highest BCUT2D eigenvalue weighted by Gasteiger charge is 2.26. The van der Waals surface area contributed by atoms with Crippen molar-refractivity contribution >= 4 is 0 Å². The smallest absolute Gasteiger partial charge is 0.129 e. The lowest BCUT2D eigenvalue weighted by molar-refractivity contribution is 0.109. The first-order valence-electron chi connectivity index (χ1n) is 6.87. The lowest BCUT2D eigenvalue weighted by Gasteiger charge is -2.31. The quantitative estimate of drug-likeness (QED) is 0.772. The number of aliphatic hydroxyl groups excluding tert-OH is 1. The maximum Gasteiger partial charge on any atom is 0.129 e. The Morgan fingerprint density at radius 1 is 1.30 bits per heavy atom. The predicted octanol–water partition coefficient (Wildman–Crippen LogP) is 2.87. The van der Waals surface area contributed by atoms with E-state index in [1.54, 1.807) is 0 Å². The zero-order valence-corrected chi connectivity index (χ0v) is 12.2. The Bertz CT molecular complexity index is 408. The highest BCUT2D eigenvalue weighted by molar-refractivity contribution is 5.24. The fourth-order valence-electron chi connectivity index (χ4n) is 2.12. The van der Waals surface area contributed by atoms with E-state index < -0.39 is 17.2 Å². The Hall–Kier alpha value is -1.20. The SMILES string of the molecule is CCCNC(C)(CO)CC(C)Oc1cc(F)cc(F)c1. The molecular formula is C15H23F2NO2.